The molecule has 3 rings (SSSR count). The first-order valence-corrected chi connectivity index (χ1v) is 8.23. The van der Waals surface area contributed by atoms with E-state index in [1.165, 1.54) is 12.5 Å². The first-order chi connectivity index (χ1) is 11.7. The van der Waals surface area contributed by atoms with Crippen molar-refractivity contribution in [3.8, 4) is 0 Å². The summed E-state index contributed by atoms with van der Waals surface area (Å²) in [5.41, 5.74) is 14.1. The Morgan fingerprint density at radius 1 is 1.46 bits per heavy atom. The van der Waals surface area contributed by atoms with E-state index in [0.29, 0.717) is 19.0 Å². The molecule has 2 aromatic rings. The molecule has 2 aromatic heterocycles. The van der Waals surface area contributed by atoms with E-state index in [2.05, 4.69) is 20.3 Å². The first-order valence-electron chi connectivity index (χ1n) is 8.23. The van der Waals surface area contributed by atoms with Gasteiger partial charge in [-0.25, -0.2) is 14.6 Å². The van der Waals surface area contributed by atoms with Crippen molar-refractivity contribution < 1.29 is 0 Å². The summed E-state index contributed by atoms with van der Waals surface area (Å²) >= 11 is 0. The van der Waals surface area contributed by atoms with Crippen LogP contribution in [0.4, 0.5) is 5.82 Å². The van der Waals surface area contributed by atoms with Gasteiger partial charge in [-0.1, -0.05) is 0 Å². The van der Waals surface area contributed by atoms with E-state index in [1.54, 1.807) is 13.1 Å². The van der Waals surface area contributed by atoms with E-state index in [4.69, 9.17) is 16.6 Å². The van der Waals surface area contributed by atoms with Crippen LogP contribution in [-0.4, -0.2) is 52.8 Å². The summed E-state index contributed by atoms with van der Waals surface area (Å²) in [7, 11) is 2.29. The summed E-state index contributed by atoms with van der Waals surface area (Å²) in [6, 6.07) is 0. The van der Waals surface area contributed by atoms with Crippen molar-refractivity contribution in [2.45, 2.75) is 19.4 Å². The molecular formula is C15H23BN8. The van der Waals surface area contributed by atoms with Crippen molar-refractivity contribution >= 4 is 35.3 Å². The summed E-state index contributed by atoms with van der Waals surface area (Å²) in [6.07, 6.45) is 7.05. The molecule has 24 heavy (non-hydrogen) atoms. The van der Waals surface area contributed by atoms with Crippen molar-refractivity contribution in [2.75, 3.05) is 25.9 Å². The second-order valence-corrected chi connectivity index (χ2v) is 6.03. The minimum atomic E-state index is 0.457. The number of rotatable bonds is 5. The maximum Gasteiger partial charge on any atom is 0.243 e. The number of anilines is 1. The molecule has 0 atom stereocenters. The highest BCUT2D eigenvalue weighted by Crippen LogP contribution is 2.19. The smallest absolute Gasteiger partial charge is 0.243 e. The molecule has 1 fully saturated rings. The van der Waals surface area contributed by atoms with Gasteiger partial charge in [0.2, 0.25) is 7.28 Å². The van der Waals surface area contributed by atoms with Crippen molar-refractivity contribution in [2.24, 2.45) is 16.6 Å². The summed E-state index contributed by atoms with van der Waals surface area (Å²) in [5, 5.41) is 8.98. The molecule has 126 valence electrons. The molecule has 9 heteroatoms. The molecule has 1 saturated heterocycles. The van der Waals surface area contributed by atoms with Gasteiger partial charge in [0.05, 0.1) is 5.39 Å². The Labute approximate surface area is 141 Å². The van der Waals surface area contributed by atoms with Gasteiger partial charge in [-0.2, -0.15) is 5.10 Å². The van der Waals surface area contributed by atoms with Gasteiger partial charge in [-0.05, 0) is 44.1 Å². The van der Waals surface area contributed by atoms with Gasteiger partial charge >= 0.3 is 0 Å². The molecule has 0 aliphatic carbocycles. The van der Waals surface area contributed by atoms with Crippen LogP contribution in [-0.2, 0) is 6.54 Å². The Balaban J connectivity index is 1.96. The van der Waals surface area contributed by atoms with E-state index in [0.717, 1.165) is 54.7 Å². The van der Waals surface area contributed by atoms with Crippen LogP contribution >= 0.6 is 0 Å². The fraction of sp³-hybridized carbons (Fsp3) is 0.467. The topological polar surface area (TPSA) is 120 Å². The van der Waals surface area contributed by atoms with E-state index >= 15 is 0 Å². The monoisotopic (exact) mass is 326 g/mol. The van der Waals surface area contributed by atoms with Gasteiger partial charge in [0.25, 0.3) is 0 Å². The third kappa shape index (κ3) is 3.40. The molecule has 0 spiro atoms. The zero-order chi connectivity index (χ0) is 16.9. The standard InChI is InChI=1S/C15H23BN8/c1-19-11(2-5-17)16-13-12-14(18)21-9-22-15(12)24(23-13)8-10-3-6-20-7-4-10/h2,5,9-10,16,20H,3-4,6-8,17H2,1H3,(H2,18,21,22)/b5-2-,19-11+. The van der Waals surface area contributed by atoms with Crippen LogP contribution < -0.4 is 22.4 Å². The highest BCUT2D eigenvalue weighted by molar-refractivity contribution is 6.88. The number of aromatic nitrogens is 4. The maximum absolute atomic E-state index is 6.10. The van der Waals surface area contributed by atoms with Crippen LogP contribution in [0.15, 0.2) is 23.6 Å². The molecule has 3 heterocycles. The highest BCUT2D eigenvalue weighted by atomic mass is 15.3. The fourth-order valence-corrected chi connectivity index (χ4v) is 3.16. The van der Waals surface area contributed by atoms with Crippen molar-refractivity contribution in [3.63, 3.8) is 0 Å². The van der Waals surface area contributed by atoms with Crippen molar-refractivity contribution in [1.29, 1.82) is 0 Å². The van der Waals surface area contributed by atoms with Gasteiger partial charge in [0.1, 0.15) is 12.1 Å². The van der Waals surface area contributed by atoms with Crippen molar-refractivity contribution in [1.82, 2.24) is 25.1 Å². The van der Waals surface area contributed by atoms with Gasteiger partial charge in [-0.15, -0.1) is 0 Å². The maximum atomic E-state index is 6.10. The quantitative estimate of drug-likeness (QED) is 0.477. The SMILES string of the molecule is C/N=C(Bc1nn(CC2CCNCC2)c2ncnc(N)c12)\C=C/N. The predicted octanol–water partition coefficient (Wildman–Crippen LogP) is -1.03. The predicted molar refractivity (Wildman–Crippen MR) is 98.8 cm³/mol. The average molecular weight is 326 g/mol. The average Bonchev–Trinajstić information content (AvgIpc) is 2.94. The summed E-state index contributed by atoms with van der Waals surface area (Å²) < 4.78 is 1.97. The summed E-state index contributed by atoms with van der Waals surface area (Å²) in [5.74, 6) is 1.06. The van der Waals surface area contributed by atoms with Crippen LogP contribution in [0.25, 0.3) is 11.0 Å². The van der Waals surface area contributed by atoms with Crippen LogP contribution in [0.5, 0.6) is 0 Å². The third-order valence-electron chi connectivity index (χ3n) is 4.45. The number of nitrogens with one attached hydrogen (secondary N) is 1. The lowest BCUT2D eigenvalue weighted by atomic mass is 9.68. The number of nitrogen functional groups attached to an aromatic ring is 1. The third-order valence-corrected chi connectivity index (χ3v) is 4.45. The number of hydrogen-bond donors (Lipinski definition) is 3. The fourth-order valence-electron chi connectivity index (χ4n) is 3.16. The minimum absolute atomic E-state index is 0.457. The number of hydrogen-bond acceptors (Lipinski definition) is 7. The molecule has 0 amide bonds. The number of fused-ring (bicyclic) bond motifs is 1. The Morgan fingerprint density at radius 2 is 2.25 bits per heavy atom. The van der Waals surface area contributed by atoms with Gasteiger partial charge in [0, 0.05) is 24.8 Å². The van der Waals surface area contributed by atoms with Crippen LogP contribution in [0.3, 0.4) is 0 Å². The first kappa shape index (κ1) is 16.4. The number of nitrogens with zero attached hydrogens (tertiary/aromatic N) is 5. The molecule has 5 N–H and O–H groups in total. The second-order valence-electron chi connectivity index (χ2n) is 6.03. The van der Waals surface area contributed by atoms with Crippen LogP contribution in [0.2, 0.25) is 0 Å². The van der Waals surface area contributed by atoms with E-state index in [-0.39, 0.29) is 0 Å². The zero-order valence-corrected chi connectivity index (χ0v) is 13.9. The summed E-state index contributed by atoms with van der Waals surface area (Å²) in [6.45, 7) is 2.96. The molecular weight excluding hydrogens is 303 g/mol. The Morgan fingerprint density at radius 3 is 2.96 bits per heavy atom. The number of piperidine rings is 1. The van der Waals surface area contributed by atoms with Gasteiger partial charge in [-0.3, -0.25) is 0 Å². The normalized spacial score (nSPS) is 17.0. The lowest BCUT2D eigenvalue weighted by molar-refractivity contribution is 0.325. The van der Waals surface area contributed by atoms with E-state index < -0.39 is 0 Å². The molecule has 0 radical (unpaired) electrons. The molecule has 1 aliphatic rings. The van der Waals surface area contributed by atoms with Crippen LogP contribution in [0, 0.1) is 5.92 Å². The molecule has 8 nitrogen and oxygen atoms in total. The van der Waals surface area contributed by atoms with Crippen molar-refractivity contribution in [3.05, 3.63) is 18.6 Å². The Kier molecular flexibility index (Phi) is 5.09. The molecule has 0 aromatic carbocycles. The largest absolute Gasteiger partial charge is 0.405 e. The van der Waals surface area contributed by atoms with Gasteiger partial charge in [0.15, 0.2) is 5.65 Å². The number of allylic oxidation sites excluding steroid dienone is 1. The lowest BCUT2D eigenvalue weighted by Gasteiger charge is -2.22. The van der Waals surface area contributed by atoms with E-state index in [1.807, 2.05) is 4.68 Å². The van der Waals surface area contributed by atoms with E-state index in [9.17, 15) is 0 Å². The number of nitrogens with two attached hydrogens (primary N) is 2. The minimum Gasteiger partial charge on any atom is -0.405 e. The Bertz CT molecular complexity index is 760. The zero-order valence-electron chi connectivity index (χ0n) is 13.9. The number of aliphatic imine (C=N–C) groups is 1. The molecule has 0 unspecified atom stereocenters. The van der Waals surface area contributed by atoms with Crippen LogP contribution in [0.1, 0.15) is 12.8 Å². The molecule has 1 aliphatic heterocycles. The lowest BCUT2D eigenvalue weighted by Crippen LogP contribution is -2.31. The molecule has 0 saturated carbocycles. The highest BCUT2D eigenvalue weighted by Gasteiger charge is 2.20. The van der Waals surface area contributed by atoms with Gasteiger partial charge < -0.3 is 21.8 Å². The molecule has 0 bridgehead atoms. The second kappa shape index (κ2) is 7.44. The summed E-state index contributed by atoms with van der Waals surface area (Å²) in [4.78, 5) is 12.8. The Hall–Kier alpha value is -2.42.